The van der Waals surface area contributed by atoms with E-state index in [4.69, 9.17) is 10.3 Å². The first-order valence-corrected chi connectivity index (χ1v) is 9.23. The van der Waals surface area contributed by atoms with Crippen LogP contribution in [0.5, 0.6) is 0 Å². The van der Waals surface area contributed by atoms with Gasteiger partial charge in [-0.2, -0.15) is 5.10 Å². The van der Waals surface area contributed by atoms with Crippen LogP contribution in [0.25, 0.3) is 22.9 Å². The second kappa shape index (κ2) is 8.30. The van der Waals surface area contributed by atoms with Crippen LogP contribution in [0, 0.1) is 11.6 Å². The smallest absolute Gasteiger partial charge is 0.239 e. The largest absolute Gasteiger partial charge is 0.368 e. The minimum atomic E-state index is -0.846. The molecule has 1 atom stereocenters. The number of halogens is 2. The Morgan fingerprint density at radius 1 is 1.23 bits per heavy atom. The van der Waals surface area contributed by atoms with E-state index in [-0.39, 0.29) is 24.0 Å². The number of anilines is 1. The molecule has 0 saturated heterocycles. The van der Waals surface area contributed by atoms with Crippen LogP contribution < -0.4 is 11.1 Å². The van der Waals surface area contributed by atoms with Crippen molar-refractivity contribution >= 4 is 11.7 Å². The van der Waals surface area contributed by atoms with Crippen LogP contribution in [0.15, 0.2) is 53.4 Å². The average molecular weight is 425 g/mol. The van der Waals surface area contributed by atoms with Gasteiger partial charge in [0.25, 0.3) is 0 Å². The first-order valence-electron chi connectivity index (χ1n) is 9.23. The fraction of sp³-hybridized carbons (Fsp3) is 0.150. The van der Waals surface area contributed by atoms with Gasteiger partial charge in [-0.05, 0) is 19.1 Å². The minimum absolute atomic E-state index is 0.0950. The molecular formula is C20H17F2N7O2. The van der Waals surface area contributed by atoms with E-state index in [9.17, 15) is 13.6 Å². The van der Waals surface area contributed by atoms with E-state index in [1.54, 1.807) is 30.3 Å². The second-order valence-electron chi connectivity index (χ2n) is 6.71. The molecular weight excluding hydrogens is 408 g/mol. The zero-order chi connectivity index (χ0) is 22.0. The lowest BCUT2D eigenvalue weighted by atomic mass is 10.2. The summed E-state index contributed by atoms with van der Waals surface area (Å²) in [5.41, 5.74) is 6.93. The van der Waals surface area contributed by atoms with Gasteiger partial charge in [-0.25, -0.2) is 18.7 Å². The summed E-state index contributed by atoms with van der Waals surface area (Å²) in [4.78, 5) is 19.4. The lowest BCUT2D eigenvalue weighted by Crippen LogP contribution is -2.33. The molecule has 31 heavy (non-hydrogen) atoms. The zero-order valence-electron chi connectivity index (χ0n) is 16.3. The number of nitrogens with one attached hydrogen (secondary N) is 1. The molecule has 1 aromatic carbocycles. The van der Waals surface area contributed by atoms with Gasteiger partial charge in [0.1, 0.15) is 29.5 Å². The Hall–Kier alpha value is -4.15. The highest BCUT2D eigenvalue weighted by atomic mass is 19.1. The fourth-order valence-electron chi connectivity index (χ4n) is 2.85. The second-order valence-corrected chi connectivity index (χ2v) is 6.71. The quantitative estimate of drug-likeness (QED) is 0.466. The van der Waals surface area contributed by atoms with Crippen molar-refractivity contribution in [1.29, 1.82) is 0 Å². The van der Waals surface area contributed by atoms with Crippen molar-refractivity contribution in [3.63, 3.8) is 0 Å². The number of benzene rings is 1. The first-order chi connectivity index (χ1) is 14.9. The molecule has 4 aromatic rings. The van der Waals surface area contributed by atoms with Crippen molar-refractivity contribution < 1.29 is 18.1 Å². The molecule has 0 fully saturated rings. The van der Waals surface area contributed by atoms with Gasteiger partial charge in [0, 0.05) is 11.6 Å². The van der Waals surface area contributed by atoms with Crippen molar-refractivity contribution in [3.05, 3.63) is 66.1 Å². The predicted octanol–water partition coefficient (Wildman–Crippen LogP) is 2.61. The molecule has 0 bridgehead atoms. The van der Waals surface area contributed by atoms with E-state index >= 15 is 0 Å². The Morgan fingerprint density at radius 2 is 2.03 bits per heavy atom. The standard InChI is InChI=1S/C20H17F2N7O2/c1-11(18(23)30)25-19-14(22)9-24-20(26-19)16-8-17(15-6-7-31-28-15)29(27-16)10-12-4-2-3-5-13(12)21/h2-9,11H,10H2,1H3,(H2,23,30)(H,24,25,26). The Balaban J connectivity index is 1.74. The number of carbonyl (C=O) groups excluding carboxylic acids is 1. The number of primary amides is 1. The number of hydrogen-bond donors (Lipinski definition) is 2. The van der Waals surface area contributed by atoms with Crippen LogP contribution in [-0.2, 0) is 11.3 Å². The van der Waals surface area contributed by atoms with Gasteiger partial charge in [0.2, 0.25) is 5.91 Å². The molecule has 3 heterocycles. The average Bonchev–Trinajstić information content (AvgIpc) is 3.41. The zero-order valence-corrected chi connectivity index (χ0v) is 16.3. The Kier molecular flexibility index (Phi) is 5.39. The molecule has 0 aliphatic carbocycles. The van der Waals surface area contributed by atoms with Crippen LogP contribution in [0.2, 0.25) is 0 Å². The lowest BCUT2D eigenvalue weighted by Gasteiger charge is -2.11. The number of amides is 1. The predicted molar refractivity (Wildman–Crippen MR) is 106 cm³/mol. The highest BCUT2D eigenvalue weighted by Crippen LogP contribution is 2.26. The maximum Gasteiger partial charge on any atom is 0.239 e. The lowest BCUT2D eigenvalue weighted by molar-refractivity contribution is -0.118. The van der Waals surface area contributed by atoms with E-state index in [1.807, 2.05) is 0 Å². The number of rotatable bonds is 7. The first kappa shape index (κ1) is 20.1. The molecule has 0 saturated carbocycles. The fourth-order valence-corrected chi connectivity index (χ4v) is 2.85. The summed E-state index contributed by atoms with van der Waals surface area (Å²) >= 11 is 0. The van der Waals surface area contributed by atoms with Crippen LogP contribution in [0.1, 0.15) is 12.5 Å². The topological polar surface area (TPSA) is 125 Å². The molecule has 158 valence electrons. The van der Waals surface area contributed by atoms with Crippen molar-refractivity contribution in [2.24, 2.45) is 5.73 Å². The summed E-state index contributed by atoms with van der Waals surface area (Å²) in [6.45, 7) is 1.59. The molecule has 3 aromatic heterocycles. The van der Waals surface area contributed by atoms with Crippen LogP contribution >= 0.6 is 0 Å². The summed E-state index contributed by atoms with van der Waals surface area (Å²) < 4.78 is 34.7. The SMILES string of the molecule is CC(Nc1nc(-c2cc(-c3ccon3)n(Cc3ccccc3F)n2)ncc1F)C(N)=O. The van der Waals surface area contributed by atoms with Crippen LogP contribution in [0.3, 0.4) is 0 Å². The Morgan fingerprint density at radius 3 is 2.74 bits per heavy atom. The van der Waals surface area contributed by atoms with E-state index in [0.29, 0.717) is 22.6 Å². The van der Waals surface area contributed by atoms with Gasteiger partial charge >= 0.3 is 0 Å². The minimum Gasteiger partial charge on any atom is -0.368 e. The third kappa shape index (κ3) is 4.25. The number of carbonyl (C=O) groups is 1. The molecule has 0 radical (unpaired) electrons. The van der Waals surface area contributed by atoms with E-state index in [0.717, 1.165) is 6.20 Å². The molecule has 1 unspecified atom stereocenters. The highest BCUT2D eigenvalue weighted by Gasteiger charge is 2.19. The van der Waals surface area contributed by atoms with Gasteiger partial charge in [-0.3, -0.25) is 9.48 Å². The molecule has 0 aliphatic heterocycles. The van der Waals surface area contributed by atoms with Gasteiger partial charge < -0.3 is 15.6 Å². The van der Waals surface area contributed by atoms with Gasteiger partial charge in [-0.15, -0.1) is 0 Å². The number of nitrogens with two attached hydrogens (primary N) is 1. The van der Waals surface area contributed by atoms with Crippen molar-refractivity contribution in [2.45, 2.75) is 19.5 Å². The normalized spacial score (nSPS) is 12.0. The van der Waals surface area contributed by atoms with Gasteiger partial charge in [-0.1, -0.05) is 23.4 Å². The number of hydrogen-bond acceptors (Lipinski definition) is 7. The van der Waals surface area contributed by atoms with Crippen molar-refractivity contribution in [3.8, 4) is 22.9 Å². The Bertz CT molecular complexity index is 1220. The number of nitrogens with zero attached hydrogens (tertiary/aromatic N) is 5. The van der Waals surface area contributed by atoms with Gasteiger partial charge in [0.05, 0.1) is 18.4 Å². The van der Waals surface area contributed by atoms with Crippen LogP contribution in [-0.4, -0.2) is 36.9 Å². The summed E-state index contributed by atoms with van der Waals surface area (Å²) in [6, 6.07) is 8.74. The van der Waals surface area contributed by atoms with E-state index < -0.39 is 17.8 Å². The third-order valence-electron chi connectivity index (χ3n) is 4.51. The maximum absolute atomic E-state index is 14.2. The molecule has 1 amide bonds. The highest BCUT2D eigenvalue weighted by molar-refractivity contribution is 5.82. The molecule has 11 heteroatoms. The summed E-state index contributed by atoms with van der Waals surface area (Å²) in [7, 11) is 0. The maximum atomic E-state index is 14.2. The molecule has 9 nitrogen and oxygen atoms in total. The Labute approximate surface area is 174 Å². The van der Waals surface area contributed by atoms with Crippen LogP contribution in [0.4, 0.5) is 14.6 Å². The molecule has 0 spiro atoms. The van der Waals surface area contributed by atoms with E-state index in [1.165, 1.54) is 23.9 Å². The van der Waals surface area contributed by atoms with E-state index in [2.05, 4.69) is 25.5 Å². The molecule has 4 rings (SSSR count). The van der Waals surface area contributed by atoms with Gasteiger partial charge in [0.15, 0.2) is 17.5 Å². The molecule has 3 N–H and O–H groups in total. The number of aromatic nitrogens is 5. The summed E-state index contributed by atoms with van der Waals surface area (Å²) in [5, 5.41) is 11.0. The summed E-state index contributed by atoms with van der Waals surface area (Å²) in [5.74, 6) is -1.89. The summed E-state index contributed by atoms with van der Waals surface area (Å²) in [6.07, 6.45) is 2.36. The third-order valence-corrected chi connectivity index (χ3v) is 4.51. The van der Waals surface area contributed by atoms with Crippen molar-refractivity contribution in [2.75, 3.05) is 5.32 Å². The monoisotopic (exact) mass is 425 g/mol. The molecule has 0 aliphatic rings. The van der Waals surface area contributed by atoms with Crippen molar-refractivity contribution in [1.82, 2.24) is 24.9 Å².